The number of hydrogen-bond acceptors (Lipinski definition) is 5. The Morgan fingerprint density at radius 2 is 1.80 bits per heavy atom. The van der Waals surface area contributed by atoms with Crippen LogP contribution in [0.25, 0.3) is 5.95 Å². The van der Waals surface area contributed by atoms with Crippen LogP contribution in [0.3, 0.4) is 0 Å². The Labute approximate surface area is 146 Å². The number of aromatic nitrogens is 4. The molecule has 0 aliphatic carbocycles. The second kappa shape index (κ2) is 7.25. The van der Waals surface area contributed by atoms with Crippen LogP contribution < -0.4 is 4.74 Å². The largest absolute Gasteiger partial charge is 0.476 e. The molecule has 2 aromatic heterocycles. The number of ether oxygens (including phenoxy) is 1. The van der Waals surface area contributed by atoms with Gasteiger partial charge in [0.1, 0.15) is 5.56 Å². The maximum absolute atomic E-state index is 12.9. The molecule has 0 aliphatic heterocycles. The van der Waals surface area contributed by atoms with Gasteiger partial charge in [-0.1, -0.05) is 37.3 Å². The minimum absolute atomic E-state index is 0.127. The van der Waals surface area contributed by atoms with Crippen LogP contribution in [-0.4, -0.2) is 32.1 Å². The van der Waals surface area contributed by atoms with E-state index in [0.29, 0.717) is 35.3 Å². The van der Waals surface area contributed by atoms with Crippen LogP contribution in [0.2, 0.25) is 0 Å². The van der Waals surface area contributed by atoms with E-state index >= 15 is 0 Å². The minimum atomic E-state index is -0.127. The zero-order valence-corrected chi connectivity index (χ0v) is 14.6. The summed E-state index contributed by atoms with van der Waals surface area (Å²) in [5.74, 6) is 0.595. The van der Waals surface area contributed by atoms with Gasteiger partial charge >= 0.3 is 0 Å². The number of rotatable bonds is 6. The predicted molar refractivity (Wildman–Crippen MR) is 94.3 cm³/mol. The molecule has 25 heavy (non-hydrogen) atoms. The van der Waals surface area contributed by atoms with Crippen molar-refractivity contribution < 1.29 is 9.53 Å². The first-order chi connectivity index (χ1) is 12.2. The summed E-state index contributed by atoms with van der Waals surface area (Å²) in [5.41, 5.74) is 2.73. The summed E-state index contributed by atoms with van der Waals surface area (Å²) in [6.45, 7) is 6.14. The van der Waals surface area contributed by atoms with Gasteiger partial charge in [0, 0.05) is 18.0 Å². The molecule has 0 aliphatic rings. The summed E-state index contributed by atoms with van der Waals surface area (Å²) < 4.78 is 7.16. The zero-order valence-electron chi connectivity index (χ0n) is 14.6. The lowest BCUT2D eigenvalue weighted by molar-refractivity contribution is 0.103. The van der Waals surface area contributed by atoms with Crippen molar-refractivity contribution in [3.8, 4) is 11.8 Å². The second-order valence-electron chi connectivity index (χ2n) is 5.55. The van der Waals surface area contributed by atoms with Gasteiger partial charge in [-0.05, 0) is 25.8 Å². The Kier molecular flexibility index (Phi) is 4.88. The molecule has 0 saturated heterocycles. The van der Waals surface area contributed by atoms with Crippen molar-refractivity contribution in [3.63, 3.8) is 0 Å². The highest BCUT2D eigenvalue weighted by atomic mass is 16.5. The summed E-state index contributed by atoms with van der Waals surface area (Å²) in [6, 6.07) is 9.10. The second-order valence-corrected chi connectivity index (χ2v) is 5.55. The molecule has 1 aromatic carbocycles. The lowest BCUT2D eigenvalue weighted by Gasteiger charge is -2.04. The van der Waals surface area contributed by atoms with E-state index in [9.17, 15) is 4.79 Å². The highest BCUT2D eigenvalue weighted by Crippen LogP contribution is 2.26. The molecule has 3 rings (SSSR count). The molecular weight excluding hydrogens is 316 g/mol. The number of nitrogens with zero attached hydrogens (tertiary/aromatic N) is 4. The Balaban J connectivity index is 2.08. The van der Waals surface area contributed by atoms with E-state index in [0.717, 1.165) is 12.0 Å². The van der Waals surface area contributed by atoms with Crippen molar-refractivity contribution in [2.24, 2.45) is 0 Å². The Morgan fingerprint density at radius 1 is 1.12 bits per heavy atom. The summed E-state index contributed by atoms with van der Waals surface area (Å²) in [5, 5.41) is 4.42. The molecule has 0 fully saturated rings. The maximum atomic E-state index is 12.9. The van der Waals surface area contributed by atoms with Crippen LogP contribution in [0.15, 0.2) is 42.7 Å². The van der Waals surface area contributed by atoms with Crippen LogP contribution in [0, 0.1) is 6.92 Å². The van der Waals surface area contributed by atoms with Crippen molar-refractivity contribution in [3.05, 3.63) is 65.1 Å². The standard InChI is InChI=1S/C19H20N4O2/c1-4-14-11-20-19(21-12-14)23-13(3)16(18(22-23)25-5-2)17(24)15-9-7-6-8-10-15/h6-12H,4-5H2,1-3H3. The highest BCUT2D eigenvalue weighted by molar-refractivity contribution is 6.11. The van der Waals surface area contributed by atoms with E-state index in [1.165, 1.54) is 0 Å². The molecule has 0 spiro atoms. The van der Waals surface area contributed by atoms with Crippen LogP contribution >= 0.6 is 0 Å². The van der Waals surface area contributed by atoms with Gasteiger partial charge in [-0.2, -0.15) is 4.68 Å². The van der Waals surface area contributed by atoms with Crippen molar-refractivity contribution in [1.29, 1.82) is 0 Å². The lowest BCUT2D eigenvalue weighted by Crippen LogP contribution is -2.07. The van der Waals surface area contributed by atoms with E-state index in [1.807, 2.05) is 39.0 Å². The lowest BCUT2D eigenvalue weighted by atomic mass is 10.0. The van der Waals surface area contributed by atoms with E-state index in [-0.39, 0.29) is 5.78 Å². The van der Waals surface area contributed by atoms with Crippen LogP contribution in [0.5, 0.6) is 5.88 Å². The van der Waals surface area contributed by atoms with Gasteiger partial charge < -0.3 is 4.74 Å². The highest BCUT2D eigenvalue weighted by Gasteiger charge is 2.25. The monoisotopic (exact) mass is 336 g/mol. The van der Waals surface area contributed by atoms with Gasteiger partial charge in [-0.15, -0.1) is 5.10 Å². The van der Waals surface area contributed by atoms with Crippen molar-refractivity contribution >= 4 is 5.78 Å². The van der Waals surface area contributed by atoms with Gasteiger partial charge in [0.15, 0.2) is 5.78 Å². The van der Waals surface area contributed by atoms with E-state index in [4.69, 9.17) is 4.74 Å². The van der Waals surface area contributed by atoms with Crippen LogP contribution in [0.4, 0.5) is 0 Å². The quantitative estimate of drug-likeness (QED) is 0.647. The van der Waals surface area contributed by atoms with Crippen LogP contribution in [-0.2, 0) is 6.42 Å². The van der Waals surface area contributed by atoms with Crippen LogP contribution in [0.1, 0.15) is 41.0 Å². The SMILES string of the molecule is CCOc1nn(-c2ncc(CC)cn2)c(C)c1C(=O)c1ccccc1. The number of ketones is 1. The van der Waals surface area contributed by atoms with Crippen molar-refractivity contribution in [1.82, 2.24) is 19.7 Å². The molecule has 6 nitrogen and oxygen atoms in total. The first kappa shape index (κ1) is 16.8. The Bertz CT molecular complexity index is 870. The molecule has 6 heteroatoms. The fraction of sp³-hybridized carbons (Fsp3) is 0.263. The summed E-state index contributed by atoms with van der Waals surface area (Å²) >= 11 is 0. The molecule has 3 aromatic rings. The minimum Gasteiger partial charge on any atom is -0.476 e. The molecule has 0 unspecified atom stereocenters. The Hall–Kier alpha value is -3.02. The third kappa shape index (κ3) is 3.28. The molecule has 0 N–H and O–H groups in total. The van der Waals surface area contributed by atoms with Gasteiger partial charge in [0.05, 0.1) is 12.3 Å². The first-order valence-corrected chi connectivity index (χ1v) is 8.29. The summed E-state index contributed by atoms with van der Waals surface area (Å²) in [6.07, 6.45) is 4.39. The van der Waals surface area contributed by atoms with Crippen molar-refractivity contribution in [2.45, 2.75) is 27.2 Å². The zero-order chi connectivity index (χ0) is 17.8. The fourth-order valence-electron chi connectivity index (χ4n) is 2.54. The molecule has 0 amide bonds. The summed E-state index contributed by atoms with van der Waals surface area (Å²) in [4.78, 5) is 21.6. The average molecular weight is 336 g/mol. The smallest absolute Gasteiger partial charge is 0.250 e. The van der Waals surface area contributed by atoms with E-state index in [1.54, 1.807) is 29.2 Å². The molecule has 0 bridgehead atoms. The van der Waals surface area contributed by atoms with Crippen molar-refractivity contribution in [2.75, 3.05) is 6.61 Å². The molecule has 2 heterocycles. The number of benzene rings is 1. The van der Waals surface area contributed by atoms with Gasteiger partial charge in [0.2, 0.25) is 5.88 Å². The third-order valence-corrected chi connectivity index (χ3v) is 3.92. The number of carbonyl (C=O) groups excluding carboxylic acids is 1. The van der Waals surface area contributed by atoms with E-state index < -0.39 is 0 Å². The summed E-state index contributed by atoms with van der Waals surface area (Å²) in [7, 11) is 0. The van der Waals surface area contributed by atoms with E-state index in [2.05, 4.69) is 15.1 Å². The number of hydrogen-bond donors (Lipinski definition) is 0. The topological polar surface area (TPSA) is 69.9 Å². The molecular formula is C19H20N4O2. The molecule has 0 saturated carbocycles. The molecule has 0 atom stereocenters. The average Bonchev–Trinajstić information content (AvgIpc) is 2.98. The first-order valence-electron chi connectivity index (χ1n) is 8.29. The maximum Gasteiger partial charge on any atom is 0.250 e. The normalized spacial score (nSPS) is 10.7. The predicted octanol–water partition coefficient (Wildman–Crippen LogP) is 3.16. The number of aryl methyl sites for hydroxylation is 1. The van der Waals surface area contributed by atoms with Gasteiger partial charge in [0.25, 0.3) is 5.95 Å². The Morgan fingerprint density at radius 3 is 2.40 bits per heavy atom. The van der Waals surface area contributed by atoms with Gasteiger partial charge in [-0.3, -0.25) is 4.79 Å². The number of carbonyl (C=O) groups is 1. The third-order valence-electron chi connectivity index (χ3n) is 3.92. The molecule has 0 radical (unpaired) electrons. The molecule has 128 valence electrons. The fourth-order valence-corrected chi connectivity index (χ4v) is 2.54. The van der Waals surface area contributed by atoms with Gasteiger partial charge in [-0.25, -0.2) is 9.97 Å².